The number of hydrogen-bond acceptors (Lipinski definition) is 8. The molecule has 0 unspecified atom stereocenters. The molecule has 0 atom stereocenters. The molecule has 0 aliphatic heterocycles. The van der Waals surface area contributed by atoms with Crippen molar-refractivity contribution in [2.75, 3.05) is 10.4 Å². The summed E-state index contributed by atoms with van der Waals surface area (Å²) in [5, 5.41) is 4.56. The van der Waals surface area contributed by atoms with Gasteiger partial charge in [-0.2, -0.15) is 13.5 Å². The van der Waals surface area contributed by atoms with Gasteiger partial charge in [0.1, 0.15) is 30.3 Å². The van der Waals surface area contributed by atoms with Crippen LogP contribution in [0.3, 0.4) is 0 Å². The summed E-state index contributed by atoms with van der Waals surface area (Å²) in [7, 11) is -4.36. The Hall–Kier alpha value is -4.84. The number of aromatic nitrogens is 2. The molecule has 12 heteroatoms. The molecule has 0 saturated carbocycles. The first-order chi connectivity index (χ1) is 20.6. The van der Waals surface area contributed by atoms with Crippen molar-refractivity contribution in [3.63, 3.8) is 0 Å². The minimum Gasteiger partial charge on any atom is -0.487 e. The number of nitrogens with one attached hydrogen (secondary N) is 1. The van der Waals surface area contributed by atoms with Gasteiger partial charge in [-0.05, 0) is 79.2 Å². The Morgan fingerprint density at radius 2 is 1.84 bits per heavy atom. The first kappa shape index (κ1) is 29.6. The lowest BCUT2D eigenvalue weighted by Gasteiger charge is -2.20. The third-order valence-corrected chi connectivity index (χ3v) is 7.68. The van der Waals surface area contributed by atoms with Gasteiger partial charge in [-0.1, -0.05) is 48.0 Å². The summed E-state index contributed by atoms with van der Waals surface area (Å²) in [6.07, 6.45) is 2.29. The maximum absolute atomic E-state index is 13.5. The summed E-state index contributed by atoms with van der Waals surface area (Å²) < 4.78 is 50.5. The van der Waals surface area contributed by atoms with Crippen molar-refractivity contribution in [2.45, 2.75) is 18.4 Å². The summed E-state index contributed by atoms with van der Waals surface area (Å²) in [5.74, 6) is -0.411. The van der Waals surface area contributed by atoms with Crippen LogP contribution >= 0.6 is 11.6 Å². The molecule has 1 heterocycles. The van der Waals surface area contributed by atoms with Gasteiger partial charge in [-0.3, -0.25) is 4.79 Å². The lowest BCUT2D eigenvalue weighted by Crippen LogP contribution is -2.32. The number of carbonyl (C=O) groups excluding carboxylic acids is 1. The summed E-state index contributed by atoms with van der Waals surface area (Å²) in [6, 6.07) is 21.7. The molecule has 5 rings (SSSR count). The van der Waals surface area contributed by atoms with E-state index >= 15 is 0 Å². The number of carbonyl (C=O) groups is 1. The monoisotopic (exact) mass is 618 g/mol. The van der Waals surface area contributed by atoms with E-state index in [0.29, 0.717) is 43.8 Å². The van der Waals surface area contributed by atoms with E-state index in [2.05, 4.69) is 21.9 Å². The molecule has 0 aliphatic carbocycles. The topological polar surface area (TPSA) is 111 Å². The Bertz CT molecular complexity index is 1940. The molecule has 1 aromatic heterocycles. The number of ether oxygens (including phenoxy) is 1. The quantitative estimate of drug-likeness (QED) is 0.133. The van der Waals surface area contributed by atoms with Gasteiger partial charge >= 0.3 is 10.1 Å². The number of benzene rings is 4. The number of anilines is 3. The zero-order chi connectivity index (χ0) is 30.6. The number of hydroxylamine groups is 1. The Morgan fingerprint density at radius 3 is 2.56 bits per heavy atom. The van der Waals surface area contributed by atoms with Crippen LogP contribution in [0.25, 0.3) is 10.9 Å². The molecule has 0 spiro atoms. The van der Waals surface area contributed by atoms with Crippen LogP contribution in [0.1, 0.15) is 11.1 Å². The van der Waals surface area contributed by atoms with Crippen LogP contribution < -0.4 is 15.1 Å². The molecule has 0 aliphatic rings. The minimum absolute atomic E-state index is 0.102. The van der Waals surface area contributed by atoms with Crippen LogP contribution in [0.5, 0.6) is 5.75 Å². The van der Waals surface area contributed by atoms with Crippen LogP contribution in [0, 0.1) is 12.7 Å². The van der Waals surface area contributed by atoms with E-state index in [9.17, 15) is 17.6 Å². The summed E-state index contributed by atoms with van der Waals surface area (Å²) in [6.45, 7) is 5.41. The molecule has 0 radical (unpaired) electrons. The van der Waals surface area contributed by atoms with Crippen LogP contribution in [-0.2, 0) is 25.8 Å². The molecular formula is C31H24ClFN4O5S. The second-order valence-corrected chi connectivity index (χ2v) is 11.2. The molecule has 43 heavy (non-hydrogen) atoms. The smallest absolute Gasteiger partial charge is 0.318 e. The number of amides is 1. The highest BCUT2D eigenvalue weighted by Gasteiger charge is 2.25. The number of nitrogens with zero attached hydrogens (tertiary/aromatic N) is 3. The third kappa shape index (κ3) is 6.97. The molecule has 5 aromatic rings. The zero-order valence-electron chi connectivity index (χ0n) is 22.7. The second-order valence-electron chi connectivity index (χ2n) is 9.29. The van der Waals surface area contributed by atoms with Crippen LogP contribution in [0.4, 0.5) is 21.6 Å². The average molecular weight is 619 g/mol. The number of hydrogen-bond donors (Lipinski definition) is 1. The zero-order valence-corrected chi connectivity index (χ0v) is 24.3. The van der Waals surface area contributed by atoms with Gasteiger partial charge in [-0.25, -0.2) is 14.4 Å². The Labute approximate surface area is 252 Å². The maximum atomic E-state index is 13.5. The van der Waals surface area contributed by atoms with Crippen LogP contribution in [0.2, 0.25) is 5.02 Å². The normalized spacial score (nSPS) is 11.2. The molecule has 1 N–H and O–H groups in total. The van der Waals surface area contributed by atoms with E-state index in [1.54, 1.807) is 48.5 Å². The van der Waals surface area contributed by atoms with Crippen molar-refractivity contribution in [1.29, 1.82) is 0 Å². The van der Waals surface area contributed by atoms with Crippen molar-refractivity contribution in [1.82, 2.24) is 9.97 Å². The highest BCUT2D eigenvalue weighted by atomic mass is 35.5. The highest BCUT2D eigenvalue weighted by molar-refractivity contribution is 7.86. The fraction of sp³-hybridized carbons (Fsp3) is 0.0645. The van der Waals surface area contributed by atoms with Gasteiger partial charge in [0.15, 0.2) is 0 Å². The molecule has 218 valence electrons. The summed E-state index contributed by atoms with van der Waals surface area (Å²) >= 11 is 6.45. The highest BCUT2D eigenvalue weighted by Crippen LogP contribution is 2.32. The number of fused-ring (bicyclic) bond motifs is 1. The minimum atomic E-state index is -4.36. The fourth-order valence-corrected chi connectivity index (χ4v) is 5.17. The average Bonchev–Trinajstić information content (AvgIpc) is 2.99. The summed E-state index contributed by atoms with van der Waals surface area (Å²) in [4.78, 5) is 21.2. The van der Waals surface area contributed by atoms with E-state index < -0.39 is 16.0 Å². The SMILES string of the molecule is C=CC(=O)N(OS(=O)(=O)c1ccc(C)cc1)c1ccc2ncnc(Nc3ccc(OCc4cccc(F)c4)c(Cl)c3)c2c1. The van der Waals surface area contributed by atoms with Crippen LogP contribution in [0.15, 0.2) is 109 Å². The largest absolute Gasteiger partial charge is 0.487 e. The van der Waals surface area contributed by atoms with Crippen molar-refractivity contribution < 1.29 is 26.6 Å². The fourth-order valence-electron chi connectivity index (χ4n) is 4.03. The Morgan fingerprint density at radius 1 is 1.05 bits per heavy atom. The first-order valence-corrected chi connectivity index (χ1v) is 14.6. The van der Waals surface area contributed by atoms with Gasteiger partial charge < -0.3 is 10.1 Å². The lowest BCUT2D eigenvalue weighted by atomic mass is 10.2. The van der Waals surface area contributed by atoms with Gasteiger partial charge in [0.25, 0.3) is 5.91 Å². The predicted octanol–water partition coefficient (Wildman–Crippen LogP) is 6.89. The van der Waals surface area contributed by atoms with E-state index in [0.717, 1.165) is 11.6 Å². The van der Waals surface area contributed by atoms with Crippen molar-refractivity contribution >= 4 is 55.7 Å². The van der Waals surface area contributed by atoms with Gasteiger partial charge in [-0.15, -0.1) is 4.28 Å². The van der Waals surface area contributed by atoms with Crippen LogP contribution in [-0.4, -0.2) is 24.3 Å². The van der Waals surface area contributed by atoms with Crippen molar-refractivity contribution in [3.05, 3.63) is 126 Å². The molecule has 1 amide bonds. The molecule has 0 saturated heterocycles. The van der Waals surface area contributed by atoms with E-state index in [4.69, 9.17) is 20.6 Å². The van der Waals surface area contributed by atoms with Crippen molar-refractivity contribution in [2.24, 2.45) is 0 Å². The first-order valence-electron chi connectivity index (χ1n) is 12.8. The van der Waals surface area contributed by atoms with Gasteiger partial charge in [0.05, 0.1) is 21.1 Å². The second kappa shape index (κ2) is 12.6. The lowest BCUT2D eigenvalue weighted by molar-refractivity contribution is -0.118. The Balaban J connectivity index is 1.41. The predicted molar refractivity (Wildman–Crippen MR) is 162 cm³/mol. The van der Waals surface area contributed by atoms with E-state index in [1.165, 1.54) is 42.7 Å². The molecule has 9 nitrogen and oxygen atoms in total. The molecule has 0 fully saturated rings. The van der Waals surface area contributed by atoms with Crippen molar-refractivity contribution in [3.8, 4) is 5.75 Å². The van der Waals surface area contributed by atoms with Gasteiger partial charge in [0.2, 0.25) is 0 Å². The third-order valence-electron chi connectivity index (χ3n) is 6.19. The number of aryl methyl sites for hydroxylation is 1. The molecule has 4 aromatic carbocycles. The Kier molecular flexibility index (Phi) is 8.67. The van der Waals surface area contributed by atoms with E-state index in [-0.39, 0.29) is 23.0 Å². The standard InChI is InChI=1S/C31H24ClFN4O5S/c1-3-30(38)37(42-43(39,40)25-11-7-20(2)8-12-25)24-10-13-28-26(17-24)31(35-19-34-28)36-23-9-14-29(27(32)16-23)41-18-21-5-4-6-22(33)15-21/h3-17,19H,1,18H2,2H3,(H,34,35,36). The maximum Gasteiger partial charge on any atom is 0.318 e. The molecular weight excluding hydrogens is 595 g/mol. The number of rotatable bonds is 10. The van der Waals surface area contributed by atoms with E-state index in [1.807, 2.05) is 6.92 Å². The summed E-state index contributed by atoms with van der Waals surface area (Å²) in [5.41, 5.74) is 2.69. The number of halogens is 2. The molecule has 0 bridgehead atoms. The van der Waals surface area contributed by atoms with Gasteiger partial charge in [0, 0.05) is 11.1 Å².